The first kappa shape index (κ1) is 8.02. The summed E-state index contributed by atoms with van der Waals surface area (Å²) in [4.78, 5) is 2.33. The normalized spacial score (nSPS) is 31.2. The summed E-state index contributed by atoms with van der Waals surface area (Å²) in [6.07, 6.45) is 1.27. The molecule has 0 radical (unpaired) electrons. The van der Waals surface area contributed by atoms with Crippen molar-refractivity contribution in [2.45, 2.75) is 13.3 Å². The van der Waals surface area contributed by atoms with Crippen LogP contribution >= 0.6 is 0 Å². The molecule has 0 aromatic rings. The van der Waals surface area contributed by atoms with Crippen molar-refractivity contribution in [3.05, 3.63) is 0 Å². The van der Waals surface area contributed by atoms with Gasteiger partial charge in [-0.3, -0.25) is 0 Å². The maximum Gasteiger partial charge on any atom is 0.0593 e. The van der Waals surface area contributed by atoms with E-state index in [1.165, 1.54) is 13.0 Å². The largest absolute Gasteiger partial charge is 0.380 e. The zero-order chi connectivity index (χ0) is 7.40. The highest BCUT2D eigenvalue weighted by molar-refractivity contribution is 4.59. The molecular formula is C8H17NO. The maximum atomic E-state index is 5.42. The fraction of sp³-hybridized carbons (Fsp3) is 1.00. The van der Waals surface area contributed by atoms with Gasteiger partial charge in [-0.2, -0.15) is 0 Å². The number of hydrogen-bond acceptors (Lipinski definition) is 2. The van der Waals surface area contributed by atoms with E-state index in [0.717, 1.165) is 25.7 Å². The molecule has 1 saturated heterocycles. The van der Waals surface area contributed by atoms with Crippen molar-refractivity contribution in [1.29, 1.82) is 0 Å². The van der Waals surface area contributed by atoms with E-state index in [1.54, 1.807) is 0 Å². The molecule has 1 rings (SSSR count). The Labute approximate surface area is 63.2 Å². The van der Waals surface area contributed by atoms with Gasteiger partial charge < -0.3 is 9.64 Å². The molecule has 0 saturated carbocycles. The lowest BCUT2D eigenvalue weighted by atomic mass is 10.1. The number of nitrogens with zero attached hydrogens (tertiary/aromatic N) is 1. The number of likely N-dealkylation sites (N-methyl/N-ethyl adjacent to an activating group) is 1. The molecule has 2 nitrogen and oxygen atoms in total. The van der Waals surface area contributed by atoms with Crippen LogP contribution in [0.2, 0.25) is 0 Å². The average Bonchev–Trinajstić information content (AvgIpc) is 1.90. The van der Waals surface area contributed by atoms with Crippen LogP contribution in [0.25, 0.3) is 0 Å². The van der Waals surface area contributed by atoms with Crippen LogP contribution in [0.15, 0.2) is 0 Å². The summed E-state index contributed by atoms with van der Waals surface area (Å²) in [5.74, 6) is 0.739. The third-order valence-electron chi connectivity index (χ3n) is 2.02. The summed E-state index contributed by atoms with van der Waals surface area (Å²) in [5, 5.41) is 0. The van der Waals surface area contributed by atoms with Crippen molar-refractivity contribution in [2.24, 2.45) is 5.92 Å². The van der Waals surface area contributed by atoms with Crippen LogP contribution in [0.5, 0.6) is 0 Å². The first-order valence-electron chi connectivity index (χ1n) is 4.05. The Morgan fingerprint density at radius 1 is 1.40 bits per heavy atom. The molecule has 10 heavy (non-hydrogen) atoms. The van der Waals surface area contributed by atoms with Gasteiger partial charge in [-0.1, -0.05) is 6.92 Å². The van der Waals surface area contributed by atoms with E-state index in [4.69, 9.17) is 4.74 Å². The average molecular weight is 143 g/mol. The third kappa shape index (κ3) is 2.67. The Morgan fingerprint density at radius 3 is 3.00 bits per heavy atom. The lowest BCUT2D eigenvalue weighted by molar-refractivity contribution is 0.0626. The third-order valence-corrected chi connectivity index (χ3v) is 2.02. The fourth-order valence-corrected chi connectivity index (χ4v) is 1.14. The zero-order valence-corrected chi connectivity index (χ0v) is 6.97. The Balaban J connectivity index is 2.23. The second-order valence-corrected chi connectivity index (χ2v) is 3.27. The van der Waals surface area contributed by atoms with Crippen molar-refractivity contribution in [2.75, 3.05) is 33.4 Å². The minimum atomic E-state index is 0.739. The molecule has 0 bridgehead atoms. The molecule has 1 unspecified atom stereocenters. The Morgan fingerprint density at radius 2 is 2.20 bits per heavy atom. The Kier molecular flexibility index (Phi) is 3.16. The topological polar surface area (TPSA) is 12.5 Å². The number of rotatable bonds is 0. The highest BCUT2D eigenvalue weighted by Crippen LogP contribution is 2.05. The summed E-state index contributed by atoms with van der Waals surface area (Å²) in [6.45, 7) is 6.42. The van der Waals surface area contributed by atoms with E-state index in [9.17, 15) is 0 Å². The van der Waals surface area contributed by atoms with Crippen molar-refractivity contribution in [3.8, 4) is 0 Å². The van der Waals surface area contributed by atoms with Gasteiger partial charge in [0.15, 0.2) is 0 Å². The Bertz CT molecular complexity index is 83.3. The summed E-state index contributed by atoms with van der Waals surface area (Å²) in [6, 6.07) is 0. The summed E-state index contributed by atoms with van der Waals surface area (Å²) in [7, 11) is 2.15. The predicted octanol–water partition coefficient (Wildman–Crippen LogP) is 0.975. The van der Waals surface area contributed by atoms with Crippen LogP contribution in [0, 0.1) is 5.92 Å². The SMILES string of the molecule is CC1CCN(C)CCOC1. The second kappa shape index (κ2) is 3.94. The van der Waals surface area contributed by atoms with E-state index >= 15 is 0 Å². The quantitative estimate of drug-likeness (QED) is 0.501. The molecule has 0 aliphatic carbocycles. The first-order valence-corrected chi connectivity index (χ1v) is 4.05. The van der Waals surface area contributed by atoms with E-state index in [-0.39, 0.29) is 0 Å². The monoisotopic (exact) mass is 143 g/mol. The van der Waals surface area contributed by atoms with E-state index < -0.39 is 0 Å². The van der Waals surface area contributed by atoms with Crippen LogP contribution in [-0.4, -0.2) is 38.3 Å². The lowest BCUT2D eigenvalue weighted by Crippen LogP contribution is -2.29. The van der Waals surface area contributed by atoms with Crippen LogP contribution in [0.4, 0.5) is 0 Å². The summed E-state index contributed by atoms with van der Waals surface area (Å²) in [5.41, 5.74) is 0. The molecule has 1 heterocycles. The smallest absolute Gasteiger partial charge is 0.0593 e. The molecular weight excluding hydrogens is 126 g/mol. The van der Waals surface area contributed by atoms with Gasteiger partial charge in [0.25, 0.3) is 0 Å². The van der Waals surface area contributed by atoms with Gasteiger partial charge in [-0.05, 0) is 25.9 Å². The molecule has 1 fully saturated rings. The van der Waals surface area contributed by atoms with E-state index in [2.05, 4.69) is 18.9 Å². The predicted molar refractivity (Wildman–Crippen MR) is 42.1 cm³/mol. The molecule has 1 aliphatic rings. The van der Waals surface area contributed by atoms with Crippen LogP contribution < -0.4 is 0 Å². The first-order chi connectivity index (χ1) is 4.79. The van der Waals surface area contributed by atoms with Gasteiger partial charge in [-0.15, -0.1) is 0 Å². The van der Waals surface area contributed by atoms with Crippen molar-refractivity contribution in [1.82, 2.24) is 4.90 Å². The van der Waals surface area contributed by atoms with Crippen LogP contribution in [0.1, 0.15) is 13.3 Å². The van der Waals surface area contributed by atoms with Crippen molar-refractivity contribution >= 4 is 0 Å². The van der Waals surface area contributed by atoms with Gasteiger partial charge in [0.1, 0.15) is 0 Å². The standard InChI is InChI=1S/C8H17NO/c1-8-3-4-9(2)5-6-10-7-8/h8H,3-7H2,1-2H3. The summed E-state index contributed by atoms with van der Waals surface area (Å²) < 4.78 is 5.42. The van der Waals surface area contributed by atoms with Gasteiger partial charge in [0.2, 0.25) is 0 Å². The Hall–Kier alpha value is -0.0800. The molecule has 60 valence electrons. The number of ether oxygens (including phenoxy) is 1. The van der Waals surface area contributed by atoms with Crippen LogP contribution in [-0.2, 0) is 4.74 Å². The molecule has 0 aromatic carbocycles. The minimum absolute atomic E-state index is 0.739. The molecule has 2 heteroatoms. The second-order valence-electron chi connectivity index (χ2n) is 3.27. The van der Waals surface area contributed by atoms with Gasteiger partial charge in [0.05, 0.1) is 6.61 Å². The highest BCUT2D eigenvalue weighted by atomic mass is 16.5. The lowest BCUT2D eigenvalue weighted by Gasteiger charge is -2.23. The molecule has 0 aromatic heterocycles. The van der Waals surface area contributed by atoms with Crippen LogP contribution in [0.3, 0.4) is 0 Å². The molecule has 1 atom stereocenters. The van der Waals surface area contributed by atoms with Gasteiger partial charge in [-0.25, -0.2) is 0 Å². The van der Waals surface area contributed by atoms with Crippen molar-refractivity contribution < 1.29 is 4.74 Å². The maximum absolute atomic E-state index is 5.42. The minimum Gasteiger partial charge on any atom is -0.380 e. The zero-order valence-electron chi connectivity index (χ0n) is 6.97. The summed E-state index contributed by atoms with van der Waals surface area (Å²) >= 11 is 0. The fourth-order valence-electron chi connectivity index (χ4n) is 1.14. The van der Waals surface area contributed by atoms with Gasteiger partial charge in [0, 0.05) is 13.2 Å². The highest BCUT2D eigenvalue weighted by Gasteiger charge is 2.08. The molecule has 0 amide bonds. The van der Waals surface area contributed by atoms with E-state index in [0.29, 0.717) is 0 Å². The van der Waals surface area contributed by atoms with Crippen molar-refractivity contribution in [3.63, 3.8) is 0 Å². The molecule has 0 spiro atoms. The number of hydrogen-bond donors (Lipinski definition) is 0. The van der Waals surface area contributed by atoms with E-state index in [1.807, 2.05) is 0 Å². The molecule has 1 aliphatic heterocycles. The molecule has 0 N–H and O–H groups in total. The van der Waals surface area contributed by atoms with Gasteiger partial charge >= 0.3 is 0 Å².